The van der Waals surface area contributed by atoms with Gasteiger partial charge >= 0.3 is 0 Å². The SMILES string of the molecule is C=C(C)CCNC12CC3CC(CC(C3)C1)C2. The van der Waals surface area contributed by atoms with Gasteiger partial charge in [-0.25, -0.2) is 0 Å². The van der Waals surface area contributed by atoms with Crippen LogP contribution in [-0.4, -0.2) is 12.1 Å². The van der Waals surface area contributed by atoms with Gasteiger partial charge in [-0.3, -0.25) is 0 Å². The lowest BCUT2D eigenvalue weighted by molar-refractivity contribution is -0.0192. The van der Waals surface area contributed by atoms with E-state index in [0.717, 1.165) is 30.7 Å². The Morgan fingerprint density at radius 2 is 1.62 bits per heavy atom. The van der Waals surface area contributed by atoms with Crippen molar-refractivity contribution in [3.63, 3.8) is 0 Å². The monoisotopic (exact) mass is 219 g/mol. The normalized spacial score (nSPS) is 44.9. The maximum absolute atomic E-state index is 4.00. The largest absolute Gasteiger partial charge is 0.311 e. The minimum Gasteiger partial charge on any atom is -0.311 e. The second kappa shape index (κ2) is 3.87. The van der Waals surface area contributed by atoms with Gasteiger partial charge in [0, 0.05) is 5.54 Å². The molecule has 0 aromatic rings. The molecule has 0 aromatic heterocycles. The molecule has 0 saturated heterocycles. The van der Waals surface area contributed by atoms with E-state index in [0.29, 0.717) is 5.54 Å². The number of nitrogens with one attached hydrogen (secondary N) is 1. The molecule has 4 rings (SSSR count). The van der Waals surface area contributed by atoms with Crippen molar-refractivity contribution in [1.29, 1.82) is 0 Å². The standard InChI is InChI=1S/C15H25N/c1-11(2)3-4-16-15-8-12-5-13(9-15)7-14(6-12)10-15/h12-14,16H,1,3-10H2,2H3. The van der Waals surface area contributed by atoms with E-state index in [2.05, 4.69) is 18.8 Å². The number of hydrogen-bond donors (Lipinski definition) is 1. The van der Waals surface area contributed by atoms with Crippen molar-refractivity contribution in [2.45, 2.75) is 57.4 Å². The van der Waals surface area contributed by atoms with Gasteiger partial charge in [0.1, 0.15) is 0 Å². The van der Waals surface area contributed by atoms with Gasteiger partial charge in [-0.1, -0.05) is 5.57 Å². The van der Waals surface area contributed by atoms with Crippen LogP contribution in [0.3, 0.4) is 0 Å². The van der Waals surface area contributed by atoms with Crippen LogP contribution in [0.2, 0.25) is 0 Å². The van der Waals surface area contributed by atoms with Crippen molar-refractivity contribution in [1.82, 2.24) is 5.32 Å². The molecule has 4 saturated carbocycles. The molecule has 4 aliphatic carbocycles. The Labute approximate surface area is 99.7 Å². The highest BCUT2D eigenvalue weighted by atomic mass is 15.0. The van der Waals surface area contributed by atoms with Crippen molar-refractivity contribution in [3.05, 3.63) is 12.2 Å². The summed E-state index contributed by atoms with van der Waals surface area (Å²) in [6, 6.07) is 0. The molecule has 1 heteroatoms. The minimum atomic E-state index is 0.546. The third kappa shape index (κ3) is 1.95. The zero-order valence-corrected chi connectivity index (χ0v) is 10.6. The van der Waals surface area contributed by atoms with Crippen LogP contribution in [0.4, 0.5) is 0 Å². The molecule has 0 amide bonds. The summed E-state index contributed by atoms with van der Waals surface area (Å²) in [6.07, 6.45) is 10.2. The average Bonchev–Trinajstić information content (AvgIpc) is 2.13. The van der Waals surface area contributed by atoms with Gasteiger partial charge in [0.05, 0.1) is 0 Å². The van der Waals surface area contributed by atoms with Crippen molar-refractivity contribution < 1.29 is 0 Å². The molecule has 0 spiro atoms. The van der Waals surface area contributed by atoms with Gasteiger partial charge in [0.25, 0.3) is 0 Å². The van der Waals surface area contributed by atoms with Gasteiger partial charge < -0.3 is 5.32 Å². The second-order valence-electron chi connectivity index (χ2n) is 6.83. The zero-order chi connectivity index (χ0) is 11.2. The van der Waals surface area contributed by atoms with Crippen molar-refractivity contribution >= 4 is 0 Å². The highest BCUT2D eigenvalue weighted by molar-refractivity contribution is 5.06. The highest BCUT2D eigenvalue weighted by Crippen LogP contribution is 2.55. The van der Waals surface area contributed by atoms with Crippen molar-refractivity contribution in [2.75, 3.05) is 6.54 Å². The molecular formula is C15H25N. The first-order valence-corrected chi connectivity index (χ1v) is 7.05. The Balaban J connectivity index is 1.62. The van der Waals surface area contributed by atoms with Crippen molar-refractivity contribution in [3.8, 4) is 0 Å². The van der Waals surface area contributed by atoms with E-state index in [1.807, 2.05) is 0 Å². The van der Waals surface area contributed by atoms with Crippen LogP contribution in [-0.2, 0) is 0 Å². The second-order valence-corrected chi connectivity index (χ2v) is 6.83. The molecule has 0 aliphatic heterocycles. The summed E-state index contributed by atoms with van der Waals surface area (Å²) >= 11 is 0. The van der Waals surface area contributed by atoms with Crippen LogP contribution in [0.5, 0.6) is 0 Å². The Kier molecular flexibility index (Phi) is 2.62. The zero-order valence-electron chi connectivity index (χ0n) is 10.6. The van der Waals surface area contributed by atoms with Crippen LogP contribution in [0.25, 0.3) is 0 Å². The lowest BCUT2D eigenvalue weighted by Gasteiger charge is -2.57. The van der Waals surface area contributed by atoms with E-state index in [1.54, 1.807) is 19.3 Å². The van der Waals surface area contributed by atoms with Gasteiger partial charge in [-0.05, 0) is 76.2 Å². The predicted octanol–water partition coefficient (Wildman–Crippen LogP) is 3.51. The molecule has 0 atom stereocenters. The Hall–Kier alpha value is -0.300. The van der Waals surface area contributed by atoms with E-state index in [1.165, 1.54) is 24.8 Å². The molecule has 0 unspecified atom stereocenters. The quantitative estimate of drug-likeness (QED) is 0.713. The summed E-state index contributed by atoms with van der Waals surface area (Å²) in [6.45, 7) is 7.29. The lowest BCUT2D eigenvalue weighted by Crippen LogP contribution is -2.58. The first-order chi connectivity index (χ1) is 7.65. The van der Waals surface area contributed by atoms with Gasteiger partial charge in [-0.2, -0.15) is 0 Å². The molecule has 0 radical (unpaired) electrons. The molecule has 0 aromatic carbocycles. The highest BCUT2D eigenvalue weighted by Gasteiger charge is 2.50. The van der Waals surface area contributed by atoms with Gasteiger partial charge in [0.15, 0.2) is 0 Å². The minimum absolute atomic E-state index is 0.546. The molecular weight excluding hydrogens is 194 g/mol. The van der Waals surface area contributed by atoms with Crippen molar-refractivity contribution in [2.24, 2.45) is 17.8 Å². The molecule has 1 N–H and O–H groups in total. The van der Waals surface area contributed by atoms with Crippen LogP contribution in [0, 0.1) is 17.8 Å². The molecule has 4 bridgehead atoms. The summed E-state index contributed by atoms with van der Waals surface area (Å²) in [5.41, 5.74) is 1.86. The summed E-state index contributed by atoms with van der Waals surface area (Å²) < 4.78 is 0. The number of rotatable bonds is 4. The van der Waals surface area contributed by atoms with E-state index >= 15 is 0 Å². The topological polar surface area (TPSA) is 12.0 Å². The van der Waals surface area contributed by atoms with E-state index in [-0.39, 0.29) is 0 Å². The molecule has 0 heterocycles. The average molecular weight is 219 g/mol. The number of hydrogen-bond acceptors (Lipinski definition) is 1. The van der Waals surface area contributed by atoms with Gasteiger partial charge in [-0.15, -0.1) is 6.58 Å². The fourth-order valence-corrected chi connectivity index (χ4v) is 4.87. The summed E-state index contributed by atoms with van der Waals surface area (Å²) in [5.74, 6) is 3.18. The van der Waals surface area contributed by atoms with Crippen LogP contribution in [0.1, 0.15) is 51.9 Å². The molecule has 4 fully saturated rings. The van der Waals surface area contributed by atoms with Gasteiger partial charge in [0.2, 0.25) is 0 Å². The Morgan fingerprint density at radius 3 is 2.06 bits per heavy atom. The Bertz CT molecular complexity index is 257. The van der Waals surface area contributed by atoms with E-state index in [9.17, 15) is 0 Å². The van der Waals surface area contributed by atoms with E-state index < -0.39 is 0 Å². The summed E-state index contributed by atoms with van der Waals surface area (Å²) in [7, 11) is 0. The maximum Gasteiger partial charge on any atom is 0.0189 e. The predicted molar refractivity (Wildman–Crippen MR) is 68.3 cm³/mol. The fraction of sp³-hybridized carbons (Fsp3) is 0.867. The molecule has 90 valence electrons. The van der Waals surface area contributed by atoms with E-state index in [4.69, 9.17) is 0 Å². The van der Waals surface area contributed by atoms with Crippen LogP contribution >= 0.6 is 0 Å². The molecule has 1 nitrogen and oxygen atoms in total. The lowest BCUT2D eigenvalue weighted by atomic mass is 9.53. The summed E-state index contributed by atoms with van der Waals surface area (Å²) in [5, 5.41) is 3.90. The van der Waals surface area contributed by atoms with Crippen LogP contribution in [0.15, 0.2) is 12.2 Å². The molecule has 4 aliphatic rings. The fourth-order valence-electron chi connectivity index (χ4n) is 4.87. The smallest absolute Gasteiger partial charge is 0.0189 e. The third-order valence-corrected chi connectivity index (χ3v) is 5.09. The first kappa shape index (κ1) is 10.8. The Morgan fingerprint density at radius 1 is 1.12 bits per heavy atom. The summed E-state index contributed by atoms with van der Waals surface area (Å²) in [4.78, 5) is 0. The third-order valence-electron chi connectivity index (χ3n) is 5.09. The molecule has 16 heavy (non-hydrogen) atoms. The van der Waals surface area contributed by atoms with Crippen LogP contribution < -0.4 is 5.32 Å². The maximum atomic E-state index is 4.00. The first-order valence-electron chi connectivity index (χ1n) is 7.05.